The molecule has 78 valence electrons. The van der Waals surface area contributed by atoms with E-state index in [2.05, 4.69) is 29.8 Å². The first-order valence-electron chi connectivity index (χ1n) is 4.76. The SMILES string of the molecule is CCC(C)C(N)c1cc(Br)ccc1Cl. The first kappa shape index (κ1) is 12.0. The topological polar surface area (TPSA) is 26.0 Å². The number of hydrogen-bond acceptors (Lipinski definition) is 1. The van der Waals surface area contributed by atoms with Crippen LogP contribution in [0.4, 0.5) is 0 Å². The van der Waals surface area contributed by atoms with Crippen molar-refractivity contribution in [3.05, 3.63) is 33.3 Å². The smallest absolute Gasteiger partial charge is 0.0454 e. The summed E-state index contributed by atoms with van der Waals surface area (Å²) in [7, 11) is 0. The number of hydrogen-bond donors (Lipinski definition) is 1. The van der Waals surface area contributed by atoms with Crippen molar-refractivity contribution < 1.29 is 0 Å². The van der Waals surface area contributed by atoms with E-state index in [0.29, 0.717) is 5.92 Å². The zero-order valence-electron chi connectivity index (χ0n) is 8.43. The van der Waals surface area contributed by atoms with Gasteiger partial charge in [0, 0.05) is 15.5 Å². The first-order valence-corrected chi connectivity index (χ1v) is 5.94. The zero-order valence-corrected chi connectivity index (χ0v) is 10.8. The van der Waals surface area contributed by atoms with Crippen LogP contribution in [0.3, 0.4) is 0 Å². The summed E-state index contributed by atoms with van der Waals surface area (Å²) in [6.45, 7) is 4.28. The van der Waals surface area contributed by atoms with Crippen LogP contribution in [0.5, 0.6) is 0 Å². The largest absolute Gasteiger partial charge is 0.324 e. The van der Waals surface area contributed by atoms with E-state index in [0.717, 1.165) is 21.5 Å². The van der Waals surface area contributed by atoms with Crippen molar-refractivity contribution in [3.63, 3.8) is 0 Å². The van der Waals surface area contributed by atoms with Gasteiger partial charge >= 0.3 is 0 Å². The molecule has 0 fully saturated rings. The van der Waals surface area contributed by atoms with Gasteiger partial charge in [-0.05, 0) is 29.7 Å². The van der Waals surface area contributed by atoms with Gasteiger partial charge in [0.05, 0.1) is 0 Å². The van der Waals surface area contributed by atoms with E-state index in [-0.39, 0.29) is 6.04 Å². The van der Waals surface area contributed by atoms with E-state index in [1.165, 1.54) is 0 Å². The van der Waals surface area contributed by atoms with E-state index >= 15 is 0 Å². The van der Waals surface area contributed by atoms with Crippen molar-refractivity contribution in [2.24, 2.45) is 11.7 Å². The molecule has 0 aromatic heterocycles. The van der Waals surface area contributed by atoms with Crippen LogP contribution in [-0.4, -0.2) is 0 Å². The Morgan fingerprint density at radius 2 is 2.14 bits per heavy atom. The molecule has 0 amide bonds. The maximum Gasteiger partial charge on any atom is 0.0454 e. The molecule has 3 heteroatoms. The monoisotopic (exact) mass is 275 g/mol. The molecule has 0 saturated carbocycles. The number of rotatable bonds is 3. The van der Waals surface area contributed by atoms with E-state index in [4.69, 9.17) is 17.3 Å². The lowest BCUT2D eigenvalue weighted by Crippen LogP contribution is -2.18. The Morgan fingerprint density at radius 1 is 1.50 bits per heavy atom. The standard InChI is InChI=1S/C11H15BrClN/c1-3-7(2)11(14)9-6-8(12)4-5-10(9)13/h4-7,11H,3,14H2,1-2H3. The Labute approximate surface area is 98.8 Å². The second-order valence-corrected chi connectivity index (χ2v) is 4.90. The summed E-state index contributed by atoms with van der Waals surface area (Å²) in [5, 5.41) is 0.751. The third kappa shape index (κ3) is 2.72. The Kier molecular flexibility index (Phi) is 4.42. The van der Waals surface area contributed by atoms with Crippen LogP contribution in [0, 0.1) is 5.92 Å². The minimum absolute atomic E-state index is 0.0185. The molecule has 0 heterocycles. The summed E-state index contributed by atoms with van der Waals surface area (Å²) in [6, 6.07) is 5.82. The third-order valence-electron chi connectivity index (χ3n) is 2.57. The third-order valence-corrected chi connectivity index (χ3v) is 3.41. The molecule has 0 bridgehead atoms. The summed E-state index contributed by atoms with van der Waals surface area (Å²) in [5.41, 5.74) is 7.14. The predicted molar refractivity (Wildman–Crippen MR) is 65.5 cm³/mol. The molecule has 2 unspecified atom stereocenters. The normalized spacial score (nSPS) is 15.2. The van der Waals surface area contributed by atoms with Crippen LogP contribution < -0.4 is 5.73 Å². The fraction of sp³-hybridized carbons (Fsp3) is 0.455. The minimum Gasteiger partial charge on any atom is -0.324 e. The number of nitrogens with two attached hydrogens (primary N) is 1. The highest BCUT2D eigenvalue weighted by molar-refractivity contribution is 9.10. The lowest BCUT2D eigenvalue weighted by Gasteiger charge is -2.20. The average Bonchev–Trinajstić information content (AvgIpc) is 2.19. The number of halogens is 2. The summed E-state index contributed by atoms with van der Waals surface area (Å²) < 4.78 is 1.02. The fourth-order valence-corrected chi connectivity index (χ4v) is 1.95. The van der Waals surface area contributed by atoms with E-state index < -0.39 is 0 Å². The summed E-state index contributed by atoms with van der Waals surface area (Å²) in [5.74, 6) is 0.446. The Bertz CT molecular complexity index is 314. The van der Waals surface area contributed by atoms with Crippen molar-refractivity contribution in [1.29, 1.82) is 0 Å². The molecule has 0 spiro atoms. The summed E-state index contributed by atoms with van der Waals surface area (Å²) in [4.78, 5) is 0. The fourth-order valence-electron chi connectivity index (χ4n) is 1.33. The lowest BCUT2D eigenvalue weighted by molar-refractivity contribution is 0.457. The van der Waals surface area contributed by atoms with Crippen LogP contribution >= 0.6 is 27.5 Å². The van der Waals surface area contributed by atoms with Crippen molar-refractivity contribution in [1.82, 2.24) is 0 Å². The molecule has 1 aromatic rings. The van der Waals surface area contributed by atoms with E-state index in [1.807, 2.05) is 18.2 Å². The molecule has 2 atom stereocenters. The molecule has 1 rings (SSSR count). The van der Waals surface area contributed by atoms with Gasteiger partial charge in [-0.3, -0.25) is 0 Å². The van der Waals surface area contributed by atoms with Gasteiger partial charge in [0.1, 0.15) is 0 Å². The van der Waals surface area contributed by atoms with Crippen molar-refractivity contribution >= 4 is 27.5 Å². The van der Waals surface area contributed by atoms with Crippen LogP contribution in [0.1, 0.15) is 31.9 Å². The highest BCUT2D eigenvalue weighted by Crippen LogP contribution is 2.30. The quantitative estimate of drug-likeness (QED) is 0.882. The molecule has 0 aliphatic carbocycles. The van der Waals surface area contributed by atoms with E-state index in [9.17, 15) is 0 Å². The molecule has 0 aliphatic heterocycles. The number of benzene rings is 1. The maximum absolute atomic E-state index is 6.11. The van der Waals surface area contributed by atoms with Gasteiger partial charge in [-0.15, -0.1) is 0 Å². The maximum atomic E-state index is 6.11. The van der Waals surface area contributed by atoms with Crippen molar-refractivity contribution in [2.45, 2.75) is 26.3 Å². The van der Waals surface area contributed by atoms with Crippen molar-refractivity contribution in [2.75, 3.05) is 0 Å². The lowest BCUT2D eigenvalue weighted by atomic mass is 9.93. The molecule has 1 aromatic carbocycles. The van der Waals surface area contributed by atoms with E-state index in [1.54, 1.807) is 0 Å². The average molecular weight is 277 g/mol. The molecule has 1 nitrogen and oxygen atoms in total. The molecular weight excluding hydrogens is 261 g/mol. The van der Waals surface area contributed by atoms with Crippen LogP contribution in [0.2, 0.25) is 5.02 Å². The van der Waals surface area contributed by atoms with Crippen LogP contribution in [0.15, 0.2) is 22.7 Å². The van der Waals surface area contributed by atoms with Gasteiger partial charge in [-0.25, -0.2) is 0 Å². The highest BCUT2D eigenvalue weighted by atomic mass is 79.9. The summed E-state index contributed by atoms with van der Waals surface area (Å²) in [6.07, 6.45) is 1.06. The Balaban J connectivity index is 2.99. The molecule has 0 saturated heterocycles. The molecule has 14 heavy (non-hydrogen) atoms. The molecular formula is C11H15BrClN. The van der Waals surface area contributed by atoms with Gasteiger partial charge in [-0.1, -0.05) is 47.8 Å². The minimum atomic E-state index is 0.0185. The van der Waals surface area contributed by atoms with Gasteiger partial charge in [0.25, 0.3) is 0 Å². The zero-order chi connectivity index (χ0) is 10.7. The van der Waals surface area contributed by atoms with Gasteiger partial charge in [-0.2, -0.15) is 0 Å². The highest BCUT2D eigenvalue weighted by Gasteiger charge is 2.16. The second kappa shape index (κ2) is 5.15. The van der Waals surface area contributed by atoms with Crippen molar-refractivity contribution in [3.8, 4) is 0 Å². The van der Waals surface area contributed by atoms with Gasteiger partial charge in [0.2, 0.25) is 0 Å². The predicted octanol–water partition coefficient (Wildman–Crippen LogP) is 4.15. The van der Waals surface area contributed by atoms with Crippen LogP contribution in [-0.2, 0) is 0 Å². The first-order chi connectivity index (χ1) is 6.56. The molecule has 0 aliphatic rings. The van der Waals surface area contributed by atoms with Gasteiger partial charge < -0.3 is 5.73 Å². The molecule has 0 radical (unpaired) electrons. The Morgan fingerprint density at radius 3 is 2.71 bits per heavy atom. The summed E-state index contributed by atoms with van der Waals surface area (Å²) >= 11 is 9.51. The second-order valence-electron chi connectivity index (χ2n) is 3.58. The Hall–Kier alpha value is -0.0500. The molecule has 2 N–H and O–H groups in total. The van der Waals surface area contributed by atoms with Gasteiger partial charge in [0.15, 0.2) is 0 Å². The van der Waals surface area contributed by atoms with Crippen LogP contribution in [0.25, 0.3) is 0 Å².